The van der Waals surface area contributed by atoms with Crippen LogP contribution >= 0.6 is 0 Å². The molecular weight excluding hydrogens is 338 g/mol. The van der Waals surface area contributed by atoms with Crippen molar-refractivity contribution in [3.63, 3.8) is 0 Å². The largest absolute Gasteiger partial charge is 0.497 e. The normalized spacial score (nSPS) is 13.3. The average molecular weight is 353 g/mol. The van der Waals surface area contributed by atoms with Gasteiger partial charge in [0.1, 0.15) is 12.3 Å². The van der Waals surface area contributed by atoms with E-state index in [9.17, 15) is 19.7 Å². The predicted octanol–water partition coefficient (Wildman–Crippen LogP) is 2.60. The Hall–Kier alpha value is -3.68. The SMILES string of the molecule is COc1ccc2c(c1)NC(=O)CN2C(=O)C=Cc1cccc([N+](=O)[O-])c1. The first-order chi connectivity index (χ1) is 12.5. The van der Waals surface area contributed by atoms with Crippen LogP contribution in [0.2, 0.25) is 0 Å². The summed E-state index contributed by atoms with van der Waals surface area (Å²) in [5, 5.41) is 13.5. The van der Waals surface area contributed by atoms with Gasteiger partial charge in [0.25, 0.3) is 11.6 Å². The van der Waals surface area contributed by atoms with Gasteiger partial charge < -0.3 is 10.1 Å². The number of hydrogen-bond donors (Lipinski definition) is 1. The van der Waals surface area contributed by atoms with Crippen LogP contribution in [0.5, 0.6) is 5.75 Å². The molecule has 26 heavy (non-hydrogen) atoms. The van der Waals surface area contributed by atoms with Crippen molar-refractivity contribution in [2.75, 3.05) is 23.9 Å². The number of nitrogens with one attached hydrogen (secondary N) is 1. The van der Waals surface area contributed by atoms with Crippen molar-refractivity contribution < 1.29 is 19.2 Å². The number of anilines is 2. The molecule has 0 spiro atoms. The molecule has 0 saturated heterocycles. The molecule has 0 bridgehead atoms. The van der Waals surface area contributed by atoms with Crippen LogP contribution in [-0.2, 0) is 9.59 Å². The van der Waals surface area contributed by atoms with E-state index < -0.39 is 10.8 Å². The number of nitro benzene ring substituents is 1. The Morgan fingerprint density at radius 3 is 2.85 bits per heavy atom. The van der Waals surface area contributed by atoms with Gasteiger partial charge in [-0.25, -0.2) is 0 Å². The Bertz CT molecular complexity index is 923. The average Bonchev–Trinajstić information content (AvgIpc) is 2.65. The fourth-order valence-corrected chi connectivity index (χ4v) is 2.59. The number of nitro groups is 1. The van der Waals surface area contributed by atoms with E-state index in [0.29, 0.717) is 22.7 Å². The summed E-state index contributed by atoms with van der Waals surface area (Å²) in [6.45, 7) is -0.114. The predicted molar refractivity (Wildman–Crippen MR) is 96.1 cm³/mol. The van der Waals surface area contributed by atoms with Gasteiger partial charge in [0, 0.05) is 24.3 Å². The molecule has 1 N–H and O–H groups in total. The summed E-state index contributed by atoms with van der Waals surface area (Å²) in [5.74, 6) is -0.161. The van der Waals surface area contributed by atoms with Crippen LogP contribution < -0.4 is 15.0 Å². The zero-order valence-corrected chi connectivity index (χ0v) is 13.8. The molecule has 1 aliphatic heterocycles. The van der Waals surface area contributed by atoms with Crippen molar-refractivity contribution in [2.45, 2.75) is 0 Å². The molecule has 2 aromatic rings. The fraction of sp³-hybridized carbons (Fsp3) is 0.111. The molecule has 8 nitrogen and oxygen atoms in total. The Kier molecular flexibility index (Phi) is 4.66. The Balaban J connectivity index is 1.85. The number of fused-ring (bicyclic) bond motifs is 1. The van der Waals surface area contributed by atoms with E-state index in [1.807, 2.05) is 0 Å². The summed E-state index contributed by atoms with van der Waals surface area (Å²) in [7, 11) is 1.51. The highest BCUT2D eigenvalue weighted by atomic mass is 16.6. The van der Waals surface area contributed by atoms with Crippen molar-refractivity contribution >= 4 is 35.0 Å². The lowest BCUT2D eigenvalue weighted by Gasteiger charge is -2.28. The van der Waals surface area contributed by atoms with Crippen LogP contribution in [0.1, 0.15) is 5.56 Å². The second-order valence-electron chi connectivity index (χ2n) is 5.54. The van der Waals surface area contributed by atoms with Gasteiger partial charge in [-0.3, -0.25) is 24.6 Å². The van der Waals surface area contributed by atoms with E-state index >= 15 is 0 Å². The van der Waals surface area contributed by atoms with Crippen molar-refractivity contribution in [3.8, 4) is 5.75 Å². The molecule has 0 fully saturated rings. The Morgan fingerprint density at radius 2 is 2.12 bits per heavy atom. The first-order valence-corrected chi connectivity index (χ1v) is 7.70. The minimum atomic E-state index is -0.502. The van der Waals surface area contributed by atoms with Crippen molar-refractivity contribution in [3.05, 3.63) is 64.2 Å². The lowest BCUT2D eigenvalue weighted by atomic mass is 10.1. The molecule has 0 unspecified atom stereocenters. The number of carbonyl (C=O) groups excluding carboxylic acids is 2. The van der Waals surface area contributed by atoms with E-state index in [-0.39, 0.29) is 18.1 Å². The van der Waals surface area contributed by atoms with Gasteiger partial charge >= 0.3 is 0 Å². The molecule has 8 heteroatoms. The molecule has 0 radical (unpaired) electrons. The molecule has 0 saturated carbocycles. The number of methoxy groups -OCH3 is 1. The van der Waals surface area contributed by atoms with Crippen LogP contribution in [0.4, 0.5) is 17.1 Å². The first kappa shape index (κ1) is 17.2. The number of non-ortho nitro benzene ring substituents is 1. The number of ether oxygens (including phenoxy) is 1. The minimum absolute atomic E-state index is 0.0608. The van der Waals surface area contributed by atoms with E-state index in [4.69, 9.17) is 4.74 Å². The van der Waals surface area contributed by atoms with Gasteiger partial charge in [-0.15, -0.1) is 0 Å². The third-order valence-electron chi connectivity index (χ3n) is 3.84. The van der Waals surface area contributed by atoms with E-state index in [2.05, 4.69) is 5.32 Å². The lowest BCUT2D eigenvalue weighted by Crippen LogP contribution is -2.41. The molecule has 1 aliphatic rings. The van der Waals surface area contributed by atoms with Gasteiger partial charge in [-0.1, -0.05) is 12.1 Å². The number of benzene rings is 2. The van der Waals surface area contributed by atoms with Crippen molar-refractivity contribution in [1.29, 1.82) is 0 Å². The molecule has 2 amide bonds. The van der Waals surface area contributed by atoms with Crippen molar-refractivity contribution in [1.82, 2.24) is 0 Å². The molecule has 0 aliphatic carbocycles. The van der Waals surface area contributed by atoms with E-state index in [0.717, 1.165) is 0 Å². The molecule has 0 atom stereocenters. The standard InChI is InChI=1S/C18H15N3O5/c1-26-14-6-7-16-15(10-14)19-17(22)11-20(16)18(23)8-5-12-3-2-4-13(9-12)21(24)25/h2-10H,11H2,1H3,(H,19,22). The molecule has 0 aromatic heterocycles. The minimum Gasteiger partial charge on any atom is -0.497 e. The molecule has 2 aromatic carbocycles. The zero-order valence-electron chi connectivity index (χ0n) is 13.8. The van der Waals surface area contributed by atoms with E-state index in [1.165, 1.54) is 42.4 Å². The third-order valence-corrected chi connectivity index (χ3v) is 3.84. The molecule has 132 valence electrons. The highest BCUT2D eigenvalue weighted by Crippen LogP contribution is 2.33. The van der Waals surface area contributed by atoms with Crippen LogP contribution in [0.25, 0.3) is 6.08 Å². The number of carbonyl (C=O) groups is 2. The first-order valence-electron chi connectivity index (χ1n) is 7.70. The van der Waals surface area contributed by atoms with E-state index in [1.54, 1.807) is 24.3 Å². The Morgan fingerprint density at radius 1 is 1.31 bits per heavy atom. The van der Waals surface area contributed by atoms with Gasteiger partial charge in [-0.05, 0) is 23.8 Å². The van der Waals surface area contributed by atoms with Crippen LogP contribution in [0, 0.1) is 10.1 Å². The number of hydrogen-bond acceptors (Lipinski definition) is 5. The van der Waals surface area contributed by atoms with Crippen LogP contribution in [0.15, 0.2) is 48.5 Å². The third kappa shape index (κ3) is 3.54. The van der Waals surface area contributed by atoms with Crippen LogP contribution in [0.3, 0.4) is 0 Å². The molecule has 3 rings (SSSR count). The van der Waals surface area contributed by atoms with Crippen molar-refractivity contribution in [2.24, 2.45) is 0 Å². The summed E-state index contributed by atoms with van der Waals surface area (Å²) in [4.78, 5) is 36.1. The summed E-state index contributed by atoms with van der Waals surface area (Å²) in [5.41, 5.74) is 1.50. The molecule has 1 heterocycles. The smallest absolute Gasteiger partial charge is 0.270 e. The number of rotatable bonds is 4. The summed E-state index contributed by atoms with van der Waals surface area (Å²) in [6.07, 6.45) is 2.76. The number of nitrogens with zero attached hydrogens (tertiary/aromatic N) is 2. The number of amides is 2. The van der Waals surface area contributed by atoms with Gasteiger partial charge in [0.2, 0.25) is 5.91 Å². The second kappa shape index (κ2) is 7.06. The van der Waals surface area contributed by atoms with Crippen LogP contribution in [-0.4, -0.2) is 30.4 Å². The maximum atomic E-state index is 12.5. The fourth-order valence-electron chi connectivity index (χ4n) is 2.59. The highest BCUT2D eigenvalue weighted by Gasteiger charge is 2.26. The zero-order chi connectivity index (χ0) is 18.7. The lowest BCUT2D eigenvalue weighted by molar-refractivity contribution is -0.384. The van der Waals surface area contributed by atoms with Gasteiger partial charge in [-0.2, -0.15) is 0 Å². The topological polar surface area (TPSA) is 102 Å². The maximum absolute atomic E-state index is 12.5. The summed E-state index contributed by atoms with van der Waals surface area (Å²) in [6, 6.07) is 10.9. The molecular formula is C18H15N3O5. The highest BCUT2D eigenvalue weighted by molar-refractivity contribution is 6.14. The summed E-state index contributed by atoms with van der Waals surface area (Å²) < 4.78 is 5.12. The Labute approximate surface area is 148 Å². The second-order valence-corrected chi connectivity index (χ2v) is 5.54. The monoisotopic (exact) mass is 353 g/mol. The maximum Gasteiger partial charge on any atom is 0.270 e. The van der Waals surface area contributed by atoms with Gasteiger partial charge in [0.15, 0.2) is 0 Å². The van der Waals surface area contributed by atoms with Gasteiger partial charge in [0.05, 0.1) is 23.4 Å². The summed E-state index contributed by atoms with van der Waals surface area (Å²) >= 11 is 0. The quantitative estimate of drug-likeness (QED) is 0.517.